The van der Waals surface area contributed by atoms with E-state index < -0.39 is 0 Å². The second kappa shape index (κ2) is 7.68. The fourth-order valence-corrected chi connectivity index (χ4v) is 3.28. The normalized spacial score (nSPS) is 15.1. The Kier molecular flexibility index (Phi) is 5.35. The summed E-state index contributed by atoms with van der Waals surface area (Å²) in [6.45, 7) is 5.32. The van der Waals surface area contributed by atoms with Crippen molar-refractivity contribution in [1.29, 1.82) is 0 Å². The van der Waals surface area contributed by atoms with Crippen LogP contribution in [0.3, 0.4) is 0 Å². The number of anilines is 1. The molecule has 0 unspecified atom stereocenters. The van der Waals surface area contributed by atoms with Crippen molar-refractivity contribution in [2.24, 2.45) is 0 Å². The number of nitrogens with one attached hydrogen (secondary N) is 1. The number of aromatic amines is 1. The van der Waals surface area contributed by atoms with Crippen LogP contribution in [0.5, 0.6) is 0 Å². The zero-order valence-electron chi connectivity index (χ0n) is 15.5. The van der Waals surface area contributed by atoms with Gasteiger partial charge in [0.05, 0.1) is 0 Å². The van der Waals surface area contributed by atoms with Crippen molar-refractivity contribution < 1.29 is 4.79 Å². The van der Waals surface area contributed by atoms with Gasteiger partial charge in [0.25, 0.3) is 5.56 Å². The van der Waals surface area contributed by atoms with E-state index in [2.05, 4.69) is 19.9 Å². The van der Waals surface area contributed by atoms with Gasteiger partial charge in [0.2, 0.25) is 5.91 Å². The highest BCUT2D eigenvalue weighted by atomic mass is 16.2. The molecule has 2 aromatic heterocycles. The second-order valence-electron chi connectivity index (χ2n) is 6.69. The van der Waals surface area contributed by atoms with Crippen LogP contribution in [0.25, 0.3) is 11.4 Å². The van der Waals surface area contributed by atoms with E-state index >= 15 is 0 Å². The Morgan fingerprint density at radius 3 is 2.65 bits per heavy atom. The van der Waals surface area contributed by atoms with Crippen LogP contribution in [0.4, 0.5) is 5.82 Å². The molecule has 0 bridgehead atoms. The number of aromatic nitrogens is 3. The van der Waals surface area contributed by atoms with Crippen molar-refractivity contribution in [3.05, 3.63) is 40.4 Å². The molecule has 0 atom stereocenters. The van der Waals surface area contributed by atoms with Gasteiger partial charge >= 0.3 is 0 Å². The Labute approximate surface area is 153 Å². The quantitative estimate of drug-likeness (QED) is 0.905. The maximum Gasteiger partial charge on any atom is 0.251 e. The average molecular weight is 355 g/mol. The van der Waals surface area contributed by atoms with Crippen LogP contribution in [0.1, 0.15) is 32.4 Å². The van der Waals surface area contributed by atoms with Crippen LogP contribution in [-0.2, 0) is 11.2 Å². The molecule has 1 aliphatic rings. The second-order valence-corrected chi connectivity index (χ2v) is 6.69. The number of aryl methyl sites for hydroxylation is 1. The van der Waals surface area contributed by atoms with Gasteiger partial charge in [0.15, 0.2) is 0 Å². The summed E-state index contributed by atoms with van der Waals surface area (Å²) >= 11 is 0. The molecule has 3 heterocycles. The van der Waals surface area contributed by atoms with Crippen LogP contribution in [-0.4, -0.2) is 51.9 Å². The van der Waals surface area contributed by atoms with E-state index in [1.54, 1.807) is 13.1 Å². The van der Waals surface area contributed by atoms with Gasteiger partial charge in [-0.3, -0.25) is 9.59 Å². The molecule has 1 fully saturated rings. The highest BCUT2D eigenvalue weighted by molar-refractivity contribution is 5.73. The molecule has 7 nitrogen and oxygen atoms in total. The average Bonchev–Trinajstić information content (AvgIpc) is 2.67. The van der Waals surface area contributed by atoms with Gasteiger partial charge in [-0.15, -0.1) is 0 Å². The highest BCUT2D eigenvalue weighted by Crippen LogP contribution is 2.22. The standard InChI is InChI=1S/C19H25N5O2/c1-4-15-11-18(26)22-19(21-15)14-5-6-17(20-12-14)24-9-7-16(8-10-24)23(3)13(2)25/h5-6,11-12,16H,4,7-10H2,1-3H3,(H,21,22,26). The molecule has 138 valence electrons. The molecule has 1 saturated heterocycles. The van der Waals surface area contributed by atoms with E-state index in [1.165, 1.54) is 6.07 Å². The number of piperidine rings is 1. The Morgan fingerprint density at radius 2 is 2.08 bits per heavy atom. The molecule has 7 heteroatoms. The number of hydrogen-bond donors (Lipinski definition) is 1. The molecular formula is C19H25N5O2. The number of nitrogens with zero attached hydrogens (tertiary/aromatic N) is 4. The SMILES string of the molecule is CCc1cc(=O)[nH]c(-c2ccc(N3CCC(N(C)C(C)=O)CC3)nc2)n1. The summed E-state index contributed by atoms with van der Waals surface area (Å²) < 4.78 is 0. The number of hydrogen-bond acceptors (Lipinski definition) is 5. The molecule has 0 spiro atoms. The summed E-state index contributed by atoms with van der Waals surface area (Å²) in [5, 5.41) is 0. The van der Waals surface area contributed by atoms with E-state index in [9.17, 15) is 9.59 Å². The van der Waals surface area contributed by atoms with Crippen molar-refractivity contribution in [3.63, 3.8) is 0 Å². The van der Waals surface area contributed by atoms with Crippen LogP contribution in [0.15, 0.2) is 29.2 Å². The molecule has 2 aromatic rings. The lowest BCUT2D eigenvalue weighted by atomic mass is 10.0. The Hall–Kier alpha value is -2.70. The Bertz CT molecular complexity index is 823. The van der Waals surface area contributed by atoms with E-state index in [0.717, 1.165) is 43.0 Å². The number of rotatable bonds is 4. The Morgan fingerprint density at radius 1 is 1.35 bits per heavy atom. The zero-order valence-corrected chi connectivity index (χ0v) is 15.5. The van der Waals surface area contributed by atoms with Crippen molar-refractivity contribution in [2.45, 2.75) is 39.2 Å². The maximum atomic E-state index is 11.7. The number of carbonyl (C=O) groups excluding carboxylic acids is 1. The third kappa shape index (κ3) is 3.92. The van der Waals surface area contributed by atoms with Gasteiger partial charge in [0, 0.05) is 56.6 Å². The fourth-order valence-electron chi connectivity index (χ4n) is 3.28. The minimum absolute atomic E-state index is 0.113. The lowest BCUT2D eigenvalue weighted by molar-refractivity contribution is -0.129. The van der Waals surface area contributed by atoms with E-state index in [-0.39, 0.29) is 11.5 Å². The first-order chi connectivity index (χ1) is 12.5. The third-order valence-electron chi connectivity index (χ3n) is 5.01. The molecule has 0 radical (unpaired) electrons. The first-order valence-corrected chi connectivity index (χ1v) is 9.03. The number of carbonyl (C=O) groups is 1. The number of pyridine rings is 1. The first-order valence-electron chi connectivity index (χ1n) is 9.03. The first kappa shape index (κ1) is 18.1. The molecule has 0 aromatic carbocycles. The fraction of sp³-hybridized carbons (Fsp3) is 0.474. The molecule has 0 aliphatic carbocycles. The molecule has 1 amide bonds. The van der Waals surface area contributed by atoms with Crippen LogP contribution < -0.4 is 10.5 Å². The predicted molar refractivity (Wildman–Crippen MR) is 101 cm³/mol. The summed E-state index contributed by atoms with van der Waals surface area (Å²) in [7, 11) is 1.87. The van der Waals surface area contributed by atoms with Crippen molar-refractivity contribution in [3.8, 4) is 11.4 Å². The smallest absolute Gasteiger partial charge is 0.251 e. The highest BCUT2D eigenvalue weighted by Gasteiger charge is 2.24. The lowest BCUT2D eigenvalue weighted by Gasteiger charge is -2.37. The largest absolute Gasteiger partial charge is 0.356 e. The zero-order chi connectivity index (χ0) is 18.7. The van der Waals surface area contributed by atoms with Crippen molar-refractivity contribution in [2.75, 3.05) is 25.0 Å². The molecule has 1 aliphatic heterocycles. The summed E-state index contributed by atoms with van der Waals surface area (Å²) in [5.41, 5.74) is 1.42. The summed E-state index contributed by atoms with van der Waals surface area (Å²) in [6, 6.07) is 5.72. The van der Waals surface area contributed by atoms with Gasteiger partial charge in [-0.05, 0) is 31.4 Å². The van der Waals surface area contributed by atoms with E-state index in [0.29, 0.717) is 18.3 Å². The van der Waals surface area contributed by atoms with Gasteiger partial charge in [-0.25, -0.2) is 9.97 Å². The molecule has 0 saturated carbocycles. The van der Waals surface area contributed by atoms with Crippen LogP contribution in [0, 0.1) is 0 Å². The van der Waals surface area contributed by atoms with E-state index in [4.69, 9.17) is 0 Å². The predicted octanol–water partition coefficient (Wildman–Crippen LogP) is 1.84. The van der Waals surface area contributed by atoms with Crippen molar-refractivity contribution in [1.82, 2.24) is 19.9 Å². The topological polar surface area (TPSA) is 82.2 Å². The minimum Gasteiger partial charge on any atom is -0.356 e. The minimum atomic E-state index is -0.146. The molecular weight excluding hydrogens is 330 g/mol. The summed E-state index contributed by atoms with van der Waals surface area (Å²) in [4.78, 5) is 39.1. The molecule has 3 rings (SSSR count). The molecule has 1 N–H and O–H groups in total. The number of H-pyrrole nitrogens is 1. The summed E-state index contributed by atoms with van der Waals surface area (Å²) in [5.74, 6) is 1.57. The van der Waals surface area contributed by atoms with Gasteiger partial charge in [0.1, 0.15) is 11.6 Å². The van der Waals surface area contributed by atoms with E-state index in [1.807, 2.05) is 31.0 Å². The molecule has 26 heavy (non-hydrogen) atoms. The van der Waals surface area contributed by atoms with Crippen molar-refractivity contribution >= 4 is 11.7 Å². The van der Waals surface area contributed by atoms with Gasteiger partial charge < -0.3 is 14.8 Å². The van der Waals surface area contributed by atoms with Crippen LogP contribution in [0.2, 0.25) is 0 Å². The van der Waals surface area contributed by atoms with Crippen LogP contribution >= 0.6 is 0 Å². The maximum absolute atomic E-state index is 11.7. The third-order valence-corrected chi connectivity index (χ3v) is 5.01. The lowest BCUT2D eigenvalue weighted by Crippen LogP contribution is -2.45. The summed E-state index contributed by atoms with van der Waals surface area (Å²) in [6.07, 6.45) is 4.34. The van der Waals surface area contributed by atoms with Gasteiger partial charge in [-0.1, -0.05) is 6.92 Å². The number of amides is 1. The Balaban J connectivity index is 1.70. The van der Waals surface area contributed by atoms with Gasteiger partial charge in [-0.2, -0.15) is 0 Å². The monoisotopic (exact) mass is 355 g/mol.